The van der Waals surface area contributed by atoms with Crippen LogP contribution in [-0.2, 0) is 20.6 Å². The molecule has 0 spiro atoms. The molecule has 6 nitrogen and oxygen atoms in total. The lowest BCUT2D eigenvalue weighted by Crippen LogP contribution is -2.49. The molecular formula is C24H24N2O4S. The number of hydrogen-bond donors (Lipinski definition) is 1. The first-order valence-corrected chi connectivity index (χ1v) is 11.6. The lowest BCUT2D eigenvalue weighted by molar-refractivity contribution is -0.122. The minimum Gasteiger partial charge on any atom is -0.476 e. The molecule has 4 rings (SSSR count). The van der Waals surface area contributed by atoms with Crippen LogP contribution in [0, 0.1) is 13.8 Å². The van der Waals surface area contributed by atoms with Gasteiger partial charge in [0.05, 0.1) is 18.0 Å². The molecule has 0 aliphatic carbocycles. The van der Waals surface area contributed by atoms with E-state index < -0.39 is 16.1 Å². The second-order valence-corrected chi connectivity index (χ2v) is 9.50. The Labute approximate surface area is 182 Å². The molecule has 7 heteroatoms. The zero-order chi connectivity index (χ0) is 22.0. The van der Waals surface area contributed by atoms with Crippen molar-refractivity contribution in [3.8, 4) is 5.75 Å². The van der Waals surface area contributed by atoms with Crippen molar-refractivity contribution in [2.24, 2.45) is 0 Å². The average Bonchev–Trinajstić information content (AvgIpc) is 2.76. The molecule has 160 valence electrons. The van der Waals surface area contributed by atoms with Gasteiger partial charge >= 0.3 is 0 Å². The Hall–Kier alpha value is -3.32. The number of amides is 1. The van der Waals surface area contributed by atoms with Crippen LogP contribution in [0.1, 0.15) is 16.7 Å². The highest BCUT2D eigenvalue weighted by atomic mass is 32.2. The Morgan fingerprint density at radius 2 is 1.61 bits per heavy atom. The maximum absolute atomic E-state index is 13.3. The van der Waals surface area contributed by atoms with E-state index in [-0.39, 0.29) is 18.2 Å². The molecule has 1 aliphatic heterocycles. The largest absolute Gasteiger partial charge is 0.476 e. The molecule has 3 aromatic rings. The highest BCUT2D eigenvalue weighted by Crippen LogP contribution is 2.36. The number of fused-ring (bicyclic) bond motifs is 1. The second kappa shape index (κ2) is 8.43. The number of rotatable bonds is 5. The maximum Gasteiger partial charge on any atom is 0.267 e. The Morgan fingerprint density at radius 1 is 0.968 bits per heavy atom. The molecule has 0 unspecified atom stereocenters. The number of hydrogen-bond acceptors (Lipinski definition) is 4. The van der Waals surface area contributed by atoms with Gasteiger partial charge < -0.3 is 10.1 Å². The SMILES string of the molecule is Cc1cccc(C)c1NC(=O)[C@H]1CN(S(=O)(=O)Cc2ccccc2)c2ccccc2O1. The van der Waals surface area contributed by atoms with Gasteiger partial charge in [-0.15, -0.1) is 0 Å². The van der Waals surface area contributed by atoms with E-state index in [1.165, 1.54) is 4.31 Å². The van der Waals surface area contributed by atoms with Gasteiger partial charge in [0.25, 0.3) is 5.91 Å². The van der Waals surface area contributed by atoms with Gasteiger partial charge in [-0.1, -0.05) is 60.7 Å². The number of sulfonamides is 1. The van der Waals surface area contributed by atoms with E-state index in [0.717, 1.165) is 11.1 Å². The monoisotopic (exact) mass is 436 g/mol. The summed E-state index contributed by atoms with van der Waals surface area (Å²) in [6, 6.07) is 21.6. The number of para-hydroxylation sites is 3. The van der Waals surface area contributed by atoms with E-state index in [4.69, 9.17) is 4.74 Å². The quantitative estimate of drug-likeness (QED) is 0.655. The van der Waals surface area contributed by atoms with Crippen LogP contribution < -0.4 is 14.4 Å². The molecule has 3 aromatic carbocycles. The number of anilines is 2. The van der Waals surface area contributed by atoms with E-state index in [2.05, 4.69) is 5.32 Å². The topological polar surface area (TPSA) is 75.7 Å². The summed E-state index contributed by atoms with van der Waals surface area (Å²) in [5.41, 5.74) is 3.70. The molecular weight excluding hydrogens is 412 g/mol. The van der Waals surface area contributed by atoms with Crippen LogP contribution in [0.3, 0.4) is 0 Å². The summed E-state index contributed by atoms with van der Waals surface area (Å²) < 4.78 is 33.8. The predicted molar refractivity (Wildman–Crippen MR) is 122 cm³/mol. The molecule has 0 radical (unpaired) electrons. The fourth-order valence-electron chi connectivity index (χ4n) is 3.68. The van der Waals surface area contributed by atoms with Crippen molar-refractivity contribution < 1.29 is 17.9 Å². The van der Waals surface area contributed by atoms with Gasteiger partial charge in [0.2, 0.25) is 10.0 Å². The van der Waals surface area contributed by atoms with Gasteiger partial charge in [0.15, 0.2) is 6.10 Å². The molecule has 0 bridgehead atoms. The minimum atomic E-state index is -3.73. The molecule has 0 fully saturated rings. The van der Waals surface area contributed by atoms with Crippen LogP contribution in [0.15, 0.2) is 72.8 Å². The number of nitrogens with zero attached hydrogens (tertiary/aromatic N) is 1. The van der Waals surface area contributed by atoms with Crippen molar-refractivity contribution in [3.63, 3.8) is 0 Å². The van der Waals surface area contributed by atoms with Gasteiger partial charge in [0.1, 0.15) is 5.75 Å². The predicted octanol–water partition coefficient (Wildman–Crippen LogP) is 4.04. The first-order chi connectivity index (χ1) is 14.8. The van der Waals surface area contributed by atoms with Gasteiger partial charge in [-0.05, 0) is 42.7 Å². The van der Waals surface area contributed by atoms with Gasteiger partial charge in [-0.25, -0.2) is 8.42 Å². The smallest absolute Gasteiger partial charge is 0.267 e. The maximum atomic E-state index is 13.3. The summed E-state index contributed by atoms with van der Waals surface area (Å²) in [5.74, 6) is -0.174. The summed E-state index contributed by atoms with van der Waals surface area (Å²) in [5, 5.41) is 2.92. The number of benzene rings is 3. The van der Waals surface area contributed by atoms with Crippen LogP contribution in [0.5, 0.6) is 5.75 Å². The Morgan fingerprint density at radius 3 is 2.32 bits per heavy atom. The normalized spacial score (nSPS) is 15.7. The zero-order valence-corrected chi connectivity index (χ0v) is 18.2. The molecule has 0 saturated heterocycles. The van der Waals surface area contributed by atoms with Gasteiger partial charge in [0, 0.05) is 5.69 Å². The lowest BCUT2D eigenvalue weighted by atomic mass is 10.1. The number of ether oxygens (including phenoxy) is 1. The van der Waals surface area contributed by atoms with E-state index in [0.29, 0.717) is 22.7 Å². The number of nitrogens with one attached hydrogen (secondary N) is 1. The Kier molecular flexibility index (Phi) is 5.69. The minimum absolute atomic E-state index is 0.0943. The molecule has 1 aliphatic rings. The van der Waals surface area contributed by atoms with Crippen LogP contribution >= 0.6 is 0 Å². The molecule has 1 N–H and O–H groups in total. The van der Waals surface area contributed by atoms with E-state index in [1.807, 2.05) is 38.1 Å². The third-order valence-corrected chi connectivity index (χ3v) is 7.00. The van der Waals surface area contributed by atoms with Crippen LogP contribution in [0.2, 0.25) is 0 Å². The molecule has 1 heterocycles. The van der Waals surface area contributed by atoms with Crippen molar-refractivity contribution >= 4 is 27.3 Å². The highest BCUT2D eigenvalue weighted by Gasteiger charge is 2.36. The third-order valence-electron chi connectivity index (χ3n) is 5.28. The highest BCUT2D eigenvalue weighted by molar-refractivity contribution is 7.92. The average molecular weight is 437 g/mol. The number of carbonyl (C=O) groups is 1. The van der Waals surface area contributed by atoms with E-state index in [9.17, 15) is 13.2 Å². The Balaban J connectivity index is 1.63. The first kappa shape index (κ1) is 20.9. The van der Waals surface area contributed by atoms with Crippen molar-refractivity contribution in [1.82, 2.24) is 0 Å². The van der Waals surface area contributed by atoms with Crippen LogP contribution in [0.4, 0.5) is 11.4 Å². The number of carbonyl (C=O) groups excluding carboxylic acids is 1. The molecule has 1 amide bonds. The van der Waals surface area contributed by atoms with E-state index >= 15 is 0 Å². The molecule has 31 heavy (non-hydrogen) atoms. The van der Waals surface area contributed by atoms with Gasteiger partial charge in [-0.2, -0.15) is 0 Å². The third kappa shape index (κ3) is 4.41. The molecule has 0 saturated carbocycles. The standard InChI is InChI=1S/C24H24N2O4S/c1-17-9-8-10-18(2)23(17)25-24(27)22-15-26(20-13-6-7-14-21(20)30-22)31(28,29)16-19-11-4-3-5-12-19/h3-14,22H,15-16H2,1-2H3,(H,25,27)/t22-/m1/s1. The van der Waals surface area contributed by atoms with Crippen LogP contribution in [-0.4, -0.2) is 27.0 Å². The lowest BCUT2D eigenvalue weighted by Gasteiger charge is -2.35. The summed E-state index contributed by atoms with van der Waals surface area (Å²) in [6.45, 7) is 3.73. The summed E-state index contributed by atoms with van der Waals surface area (Å²) in [4.78, 5) is 13.1. The van der Waals surface area contributed by atoms with Crippen molar-refractivity contribution in [2.75, 3.05) is 16.2 Å². The molecule has 1 atom stereocenters. The van der Waals surface area contributed by atoms with Crippen molar-refractivity contribution in [2.45, 2.75) is 25.7 Å². The first-order valence-electron chi connectivity index (χ1n) is 10.0. The number of aryl methyl sites for hydroxylation is 2. The second-order valence-electron chi connectivity index (χ2n) is 7.60. The van der Waals surface area contributed by atoms with Crippen molar-refractivity contribution in [1.29, 1.82) is 0 Å². The van der Waals surface area contributed by atoms with Crippen molar-refractivity contribution in [3.05, 3.63) is 89.5 Å². The van der Waals surface area contributed by atoms with E-state index in [1.54, 1.807) is 48.5 Å². The fourth-order valence-corrected chi connectivity index (χ4v) is 5.26. The van der Waals surface area contributed by atoms with Gasteiger partial charge in [-0.3, -0.25) is 9.10 Å². The summed E-state index contributed by atoms with van der Waals surface area (Å²) in [7, 11) is -3.73. The fraction of sp³-hybridized carbons (Fsp3) is 0.208. The zero-order valence-electron chi connectivity index (χ0n) is 17.4. The summed E-state index contributed by atoms with van der Waals surface area (Å²) in [6.07, 6.45) is -0.973. The Bertz CT molecular complexity index is 1190. The van der Waals surface area contributed by atoms with Crippen LogP contribution in [0.25, 0.3) is 0 Å². The summed E-state index contributed by atoms with van der Waals surface area (Å²) >= 11 is 0. The molecule has 0 aromatic heterocycles.